The Morgan fingerprint density at radius 3 is 2.95 bits per heavy atom. The number of hydrogen-bond acceptors (Lipinski definition) is 3. The monoisotopic (exact) mass is 437 g/mol. The Hall–Kier alpha value is -0.760. The van der Waals surface area contributed by atoms with E-state index < -0.39 is 0 Å². The number of halogens is 2. The van der Waals surface area contributed by atoms with E-state index in [9.17, 15) is 0 Å². The highest BCUT2D eigenvalue weighted by Gasteiger charge is 2.25. The van der Waals surface area contributed by atoms with Crippen molar-refractivity contribution in [1.82, 2.24) is 15.6 Å². The molecule has 7 heteroatoms. The fourth-order valence-corrected chi connectivity index (χ4v) is 2.61. The SMILES string of the molecule is CN=C(NCC(C)C)NC1CCN(c2ncccc2Cl)C1.I. The van der Waals surface area contributed by atoms with E-state index in [0.29, 0.717) is 17.0 Å². The van der Waals surface area contributed by atoms with E-state index in [-0.39, 0.29) is 24.0 Å². The van der Waals surface area contributed by atoms with Crippen LogP contribution in [0.15, 0.2) is 23.3 Å². The van der Waals surface area contributed by atoms with Gasteiger partial charge in [0.25, 0.3) is 0 Å². The van der Waals surface area contributed by atoms with E-state index >= 15 is 0 Å². The molecule has 0 saturated carbocycles. The van der Waals surface area contributed by atoms with Crippen LogP contribution in [-0.4, -0.2) is 43.7 Å². The van der Waals surface area contributed by atoms with Crippen LogP contribution in [0.5, 0.6) is 0 Å². The molecule has 124 valence electrons. The van der Waals surface area contributed by atoms with Gasteiger partial charge in [-0.3, -0.25) is 4.99 Å². The number of aliphatic imine (C=N–C) groups is 1. The molecule has 2 heterocycles. The lowest BCUT2D eigenvalue weighted by Crippen LogP contribution is -2.45. The second kappa shape index (κ2) is 9.39. The van der Waals surface area contributed by atoms with Crippen LogP contribution < -0.4 is 15.5 Å². The minimum atomic E-state index is 0. The predicted molar refractivity (Wildman–Crippen MR) is 105 cm³/mol. The van der Waals surface area contributed by atoms with Crippen molar-refractivity contribution < 1.29 is 0 Å². The fourth-order valence-electron chi connectivity index (χ4n) is 2.37. The smallest absolute Gasteiger partial charge is 0.191 e. The molecule has 5 nitrogen and oxygen atoms in total. The maximum Gasteiger partial charge on any atom is 0.191 e. The Balaban J connectivity index is 0.00000242. The first kappa shape index (κ1) is 19.3. The fraction of sp³-hybridized carbons (Fsp3) is 0.600. The average molecular weight is 438 g/mol. The van der Waals surface area contributed by atoms with Crippen molar-refractivity contribution in [2.24, 2.45) is 10.9 Å². The Labute approximate surface area is 154 Å². The lowest BCUT2D eigenvalue weighted by atomic mass is 10.2. The summed E-state index contributed by atoms with van der Waals surface area (Å²) >= 11 is 6.21. The minimum Gasteiger partial charge on any atom is -0.356 e. The molecular formula is C15H25ClIN5. The van der Waals surface area contributed by atoms with Gasteiger partial charge in [-0.2, -0.15) is 0 Å². The number of rotatable bonds is 4. The van der Waals surface area contributed by atoms with Crippen molar-refractivity contribution in [2.45, 2.75) is 26.3 Å². The predicted octanol–water partition coefficient (Wildman–Crippen LogP) is 2.75. The molecule has 0 aromatic carbocycles. The summed E-state index contributed by atoms with van der Waals surface area (Å²) in [6.45, 7) is 7.12. The molecule has 0 aliphatic carbocycles. The third-order valence-electron chi connectivity index (χ3n) is 3.47. The van der Waals surface area contributed by atoms with E-state index in [1.54, 1.807) is 13.2 Å². The molecule has 1 atom stereocenters. The lowest BCUT2D eigenvalue weighted by molar-refractivity contribution is 0.595. The summed E-state index contributed by atoms with van der Waals surface area (Å²) in [4.78, 5) is 10.9. The molecule has 22 heavy (non-hydrogen) atoms. The Morgan fingerprint density at radius 1 is 1.55 bits per heavy atom. The van der Waals surface area contributed by atoms with Gasteiger partial charge in [-0.25, -0.2) is 4.98 Å². The van der Waals surface area contributed by atoms with Crippen LogP contribution in [0.2, 0.25) is 5.02 Å². The highest BCUT2D eigenvalue weighted by molar-refractivity contribution is 14.0. The third-order valence-corrected chi connectivity index (χ3v) is 3.76. The van der Waals surface area contributed by atoms with E-state index in [1.807, 2.05) is 12.1 Å². The van der Waals surface area contributed by atoms with Crippen LogP contribution in [0.1, 0.15) is 20.3 Å². The Morgan fingerprint density at radius 2 is 2.32 bits per heavy atom. The number of aromatic nitrogens is 1. The maximum absolute atomic E-state index is 6.21. The zero-order chi connectivity index (χ0) is 15.2. The van der Waals surface area contributed by atoms with Gasteiger partial charge in [0, 0.05) is 38.9 Å². The molecule has 0 radical (unpaired) electrons. The lowest BCUT2D eigenvalue weighted by Gasteiger charge is -2.20. The van der Waals surface area contributed by atoms with Crippen LogP contribution in [0, 0.1) is 5.92 Å². The van der Waals surface area contributed by atoms with Crippen LogP contribution in [-0.2, 0) is 0 Å². The molecule has 2 N–H and O–H groups in total. The topological polar surface area (TPSA) is 52.6 Å². The minimum absolute atomic E-state index is 0. The molecule has 0 amide bonds. The van der Waals surface area contributed by atoms with Gasteiger partial charge >= 0.3 is 0 Å². The average Bonchev–Trinajstić information content (AvgIpc) is 2.92. The van der Waals surface area contributed by atoms with Crippen LogP contribution in [0.25, 0.3) is 0 Å². The first-order valence-corrected chi connectivity index (χ1v) is 7.80. The summed E-state index contributed by atoms with van der Waals surface area (Å²) in [7, 11) is 1.80. The first-order valence-electron chi connectivity index (χ1n) is 7.42. The number of hydrogen-bond donors (Lipinski definition) is 2. The quantitative estimate of drug-likeness (QED) is 0.432. The van der Waals surface area contributed by atoms with Gasteiger partial charge in [0.05, 0.1) is 5.02 Å². The number of nitrogens with one attached hydrogen (secondary N) is 2. The van der Waals surface area contributed by atoms with E-state index in [1.165, 1.54) is 0 Å². The third kappa shape index (κ3) is 5.46. The highest BCUT2D eigenvalue weighted by atomic mass is 127. The number of guanidine groups is 1. The van der Waals surface area contributed by atoms with Crippen molar-refractivity contribution in [3.63, 3.8) is 0 Å². The van der Waals surface area contributed by atoms with Gasteiger partial charge < -0.3 is 15.5 Å². The van der Waals surface area contributed by atoms with Gasteiger partial charge in [-0.1, -0.05) is 25.4 Å². The summed E-state index contributed by atoms with van der Waals surface area (Å²) in [5.41, 5.74) is 0. The van der Waals surface area contributed by atoms with Gasteiger partial charge in [-0.15, -0.1) is 24.0 Å². The Kier molecular flexibility index (Phi) is 8.24. The first-order chi connectivity index (χ1) is 10.1. The van der Waals surface area contributed by atoms with Crippen molar-refractivity contribution in [2.75, 3.05) is 31.6 Å². The van der Waals surface area contributed by atoms with E-state index in [4.69, 9.17) is 11.6 Å². The molecule has 1 unspecified atom stereocenters. The molecule has 1 aromatic heterocycles. The van der Waals surface area contributed by atoms with Crippen LogP contribution in [0.4, 0.5) is 5.82 Å². The number of anilines is 1. The number of nitrogens with zero attached hydrogens (tertiary/aromatic N) is 3. The maximum atomic E-state index is 6.21. The summed E-state index contributed by atoms with van der Waals surface area (Å²) in [6.07, 6.45) is 2.83. The normalized spacial score (nSPS) is 18.3. The Bertz CT molecular complexity index is 495. The highest BCUT2D eigenvalue weighted by Crippen LogP contribution is 2.25. The van der Waals surface area contributed by atoms with Crippen LogP contribution >= 0.6 is 35.6 Å². The summed E-state index contributed by atoms with van der Waals surface area (Å²) in [5.74, 6) is 2.33. The molecule has 0 bridgehead atoms. The van der Waals surface area contributed by atoms with Gasteiger partial charge in [-0.05, 0) is 24.5 Å². The van der Waals surface area contributed by atoms with Crippen molar-refractivity contribution in [3.8, 4) is 0 Å². The van der Waals surface area contributed by atoms with Crippen molar-refractivity contribution in [1.29, 1.82) is 0 Å². The molecule has 1 aromatic rings. The van der Waals surface area contributed by atoms with Gasteiger partial charge in [0.2, 0.25) is 0 Å². The van der Waals surface area contributed by atoms with E-state index in [0.717, 1.165) is 37.8 Å². The second-order valence-corrected chi connectivity index (χ2v) is 6.14. The molecule has 1 aliphatic rings. The van der Waals surface area contributed by atoms with Crippen molar-refractivity contribution >= 4 is 47.4 Å². The second-order valence-electron chi connectivity index (χ2n) is 5.73. The standard InChI is InChI=1S/C15H24ClN5.HI/c1-11(2)9-19-15(17-3)20-12-6-8-21(10-12)14-13(16)5-4-7-18-14;/h4-5,7,11-12H,6,8-10H2,1-3H3,(H2,17,19,20);1H. The largest absolute Gasteiger partial charge is 0.356 e. The van der Waals surface area contributed by atoms with Gasteiger partial charge in [0.1, 0.15) is 5.82 Å². The molecule has 1 aliphatic heterocycles. The zero-order valence-electron chi connectivity index (χ0n) is 13.3. The van der Waals surface area contributed by atoms with Crippen molar-refractivity contribution in [3.05, 3.63) is 23.4 Å². The number of pyridine rings is 1. The summed E-state index contributed by atoms with van der Waals surface area (Å²) < 4.78 is 0. The summed E-state index contributed by atoms with van der Waals surface area (Å²) in [6, 6.07) is 4.10. The molecule has 2 rings (SSSR count). The molecule has 1 saturated heterocycles. The van der Waals surface area contributed by atoms with Crippen LogP contribution in [0.3, 0.4) is 0 Å². The zero-order valence-corrected chi connectivity index (χ0v) is 16.4. The van der Waals surface area contributed by atoms with E-state index in [2.05, 4.69) is 39.4 Å². The van der Waals surface area contributed by atoms with Gasteiger partial charge in [0.15, 0.2) is 5.96 Å². The molecule has 0 spiro atoms. The summed E-state index contributed by atoms with van der Waals surface area (Å²) in [5, 5.41) is 7.52. The molecule has 1 fully saturated rings. The molecular weight excluding hydrogens is 413 g/mol.